The van der Waals surface area contributed by atoms with Gasteiger partial charge in [0, 0.05) is 11.8 Å². The van der Waals surface area contributed by atoms with Gasteiger partial charge in [-0.3, -0.25) is 0 Å². The molecule has 2 N–H and O–H groups in total. The third-order valence-corrected chi connectivity index (χ3v) is 7.06. The van der Waals surface area contributed by atoms with Gasteiger partial charge in [-0.1, -0.05) is 25.1 Å². The predicted molar refractivity (Wildman–Crippen MR) is 92.7 cm³/mol. The van der Waals surface area contributed by atoms with Gasteiger partial charge >= 0.3 is 0 Å². The fourth-order valence-electron chi connectivity index (χ4n) is 6.36. The van der Waals surface area contributed by atoms with Gasteiger partial charge in [-0.15, -0.1) is 0 Å². The van der Waals surface area contributed by atoms with E-state index in [0.717, 1.165) is 29.5 Å². The molecular formula is C21H27FO2. The third kappa shape index (κ3) is 2.17. The monoisotopic (exact) mass is 330 g/mol. The molecule has 2 saturated carbocycles. The minimum absolute atomic E-state index is 0.0775. The van der Waals surface area contributed by atoms with Gasteiger partial charge in [0.2, 0.25) is 0 Å². The van der Waals surface area contributed by atoms with Crippen LogP contribution in [0.1, 0.15) is 50.2 Å². The van der Waals surface area contributed by atoms with Crippen LogP contribution in [-0.2, 0) is 6.42 Å². The Morgan fingerprint density at radius 3 is 2.79 bits per heavy atom. The highest BCUT2D eigenvalue weighted by molar-refractivity contribution is 5.41. The molecule has 2 nitrogen and oxygen atoms in total. The average Bonchev–Trinajstić information content (AvgIpc) is 2.76. The van der Waals surface area contributed by atoms with Gasteiger partial charge in [-0.2, -0.15) is 0 Å². The molecular weight excluding hydrogens is 303 g/mol. The zero-order valence-electron chi connectivity index (χ0n) is 14.5. The Hall–Kier alpha value is -1.35. The molecule has 0 heterocycles. The Labute approximate surface area is 143 Å². The summed E-state index contributed by atoms with van der Waals surface area (Å²) in [4.78, 5) is 0. The van der Waals surface area contributed by atoms with Crippen LogP contribution in [0.3, 0.4) is 0 Å². The quantitative estimate of drug-likeness (QED) is 0.751. The summed E-state index contributed by atoms with van der Waals surface area (Å²) in [5.41, 5.74) is 3.05. The van der Waals surface area contributed by atoms with Crippen LogP contribution in [0.4, 0.5) is 4.39 Å². The minimum Gasteiger partial charge on any atom is -0.508 e. The van der Waals surface area contributed by atoms with E-state index >= 15 is 4.39 Å². The molecule has 0 saturated heterocycles. The molecule has 4 rings (SSSR count). The highest BCUT2D eigenvalue weighted by atomic mass is 19.1. The number of phenolic OH excluding ortho intramolecular Hbond substituents is 1. The van der Waals surface area contributed by atoms with Crippen LogP contribution in [0.5, 0.6) is 5.75 Å². The van der Waals surface area contributed by atoms with E-state index in [-0.39, 0.29) is 28.9 Å². The molecule has 0 spiro atoms. The maximum Gasteiger partial charge on any atom is 0.115 e. The highest BCUT2D eigenvalue weighted by Crippen LogP contribution is 2.64. The van der Waals surface area contributed by atoms with Gasteiger partial charge in [0.15, 0.2) is 0 Å². The molecule has 0 aliphatic heterocycles. The highest BCUT2D eigenvalue weighted by Gasteiger charge is 2.60. The first-order valence-corrected chi connectivity index (χ1v) is 9.11. The van der Waals surface area contributed by atoms with Crippen molar-refractivity contribution in [1.82, 2.24) is 0 Å². The van der Waals surface area contributed by atoms with Gasteiger partial charge in [-0.05, 0) is 73.1 Å². The van der Waals surface area contributed by atoms with Gasteiger partial charge in [-0.25, -0.2) is 4.39 Å². The van der Waals surface area contributed by atoms with Crippen molar-refractivity contribution >= 4 is 0 Å². The zero-order chi connectivity index (χ0) is 17.2. The first kappa shape index (κ1) is 16.1. The topological polar surface area (TPSA) is 40.5 Å². The van der Waals surface area contributed by atoms with Crippen LogP contribution in [0.2, 0.25) is 0 Å². The van der Waals surface area contributed by atoms with E-state index in [1.165, 1.54) is 0 Å². The minimum atomic E-state index is -0.879. The molecule has 3 heteroatoms. The van der Waals surface area contributed by atoms with E-state index in [4.69, 9.17) is 0 Å². The maximum atomic E-state index is 15.3. The summed E-state index contributed by atoms with van der Waals surface area (Å²) < 4.78 is 15.3. The summed E-state index contributed by atoms with van der Waals surface area (Å²) in [5, 5.41) is 20.4. The van der Waals surface area contributed by atoms with E-state index in [1.54, 1.807) is 12.1 Å². The number of aliphatic hydroxyl groups is 1. The van der Waals surface area contributed by atoms with Crippen molar-refractivity contribution < 1.29 is 14.6 Å². The maximum absolute atomic E-state index is 15.3. The fourth-order valence-corrected chi connectivity index (χ4v) is 6.36. The lowest BCUT2D eigenvalue weighted by atomic mass is 9.53. The van der Waals surface area contributed by atoms with Crippen LogP contribution in [-0.4, -0.2) is 22.5 Å². The van der Waals surface area contributed by atoms with E-state index in [0.29, 0.717) is 18.8 Å². The molecule has 0 unspecified atom stereocenters. The van der Waals surface area contributed by atoms with Crippen molar-refractivity contribution in [3.05, 3.63) is 41.5 Å². The van der Waals surface area contributed by atoms with Crippen LogP contribution >= 0.6 is 0 Å². The lowest BCUT2D eigenvalue weighted by molar-refractivity contribution is -0.0112. The van der Waals surface area contributed by atoms with Crippen molar-refractivity contribution in [3.63, 3.8) is 0 Å². The summed E-state index contributed by atoms with van der Waals surface area (Å²) in [7, 11) is 0. The number of aryl methyl sites for hydroxylation is 1. The van der Waals surface area contributed by atoms with E-state index < -0.39 is 12.3 Å². The zero-order valence-corrected chi connectivity index (χ0v) is 14.5. The second-order valence-corrected chi connectivity index (χ2v) is 8.65. The summed E-state index contributed by atoms with van der Waals surface area (Å²) >= 11 is 0. The molecule has 2 fully saturated rings. The molecule has 7 atom stereocenters. The van der Waals surface area contributed by atoms with Crippen LogP contribution < -0.4 is 0 Å². The van der Waals surface area contributed by atoms with Gasteiger partial charge in [0.25, 0.3) is 0 Å². The average molecular weight is 330 g/mol. The molecule has 0 radical (unpaired) electrons. The van der Waals surface area contributed by atoms with Crippen molar-refractivity contribution in [2.45, 2.75) is 57.7 Å². The van der Waals surface area contributed by atoms with E-state index in [1.807, 2.05) is 13.0 Å². The number of benzene rings is 1. The number of alkyl halides is 1. The Morgan fingerprint density at radius 2 is 2.08 bits per heavy atom. The van der Waals surface area contributed by atoms with Crippen molar-refractivity contribution in [2.75, 3.05) is 0 Å². The first-order chi connectivity index (χ1) is 11.3. The molecule has 3 aliphatic carbocycles. The third-order valence-electron chi connectivity index (χ3n) is 7.06. The second kappa shape index (κ2) is 5.32. The number of rotatable bonds is 1. The lowest BCUT2D eigenvalue weighted by Crippen LogP contribution is -2.47. The van der Waals surface area contributed by atoms with Crippen molar-refractivity contribution in [3.8, 4) is 5.75 Å². The summed E-state index contributed by atoms with van der Waals surface area (Å²) in [5.74, 6) is 0.770. The normalized spacial score (nSPS) is 43.7. The molecule has 1 aromatic rings. The number of aliphatic hydroxyl groups excluding tert-OH is 1. The second-order valence-electron chi connectivity index (χ2n) is 8.65. The smallest absolute Gasteiger partial charge is 0.115 e. The molecule has 130 valence electrons. The van der Waals surface area contributed by atoms with Gasteiger partial charge in [0.1, 0.15) is 11.9 Å². The molecule has 3 aliphatic rings. The molecule has 0 aromatic heterocycles. The van der Waals surface area contributed by atoms with Gasteiger partial charge in [0.05, 0.1) is 6.10 Å². The van der Waals surface area contributed by atoms with Crippen molar-refractivity contribution in [1.29, 1.82) is 0 Å². The summed E-state index contributed by atoms with van der Waals surface area (Å²) in [6, 6.07) is 5.39. The largest absolute Gasteiger partial charge is 0.508 e. The summed E-state index contributed by atoms with van der Waals surface area (Å²) in [6.07, 6.45) is 1.73. The lowest BCUT2D eigenvalue weighted by Gasteiger charge is -2.52. The van der Waals surface area contributed by atoms with E-state index in [9.17, 15) is 10.2 Å². The van der Waals surface area contributed by atoms with Crippen LogP contribution in [0.15, 0.2) is 30.4 Å². The standard InChI is InChI=1S/C21H27FO2/c1-11(2)18-17(24)10-21(3)9-16(22)19-14-7-5-13(23)8-12(14)4-6-15(19)20(18)21/h5,7-8,15-20,23-24H,1,4,6,9-10H2,2-3H3/t15-,16+,17+,18-,19-,20-,21-/m1/s1. The Bertz CT molecular complexity index is 684. The van der Waals surface area contributed by atoms with Gasteiger partial charge < -0.3 is 10.2 Å². The number of hydrogen-bond acceptors (Lipinski definition) is 2. The van der Waals surface area contributed by atoms with Crippen LogP contribution in [0, 0.1) is 23.2 Å². The number of halogens is 1. The fraction of sp³-hybridized carbons (Fsp3) is 0.619. The number of fused-ring (bicyclic) bond motifs is 5. The first-order valence-electron chi connectivity index (χ1n) is 9.11. The molecule has 0 amide bonds. The Morgan fingerprint density at radius 1 is 1.33 bits per heavy atom. The number of hydrogen-bond donors (Lipinski definition) is 2. The summed E-state index contributed by atoms with van der Waals surface area (Å²) in [6.45, 7) is 8.31. The number of aromatic hydroxyl groups is 1. The SMILES string of the molecule is C=C(C)[C@H]1[C@H]2[C@@H]3CCc4cc(O)ccc4[C@H]3[C@@H](F)C[C@]2(C)C[C@@H]1O. The van der Waals surface area contributed by atoms with E-state index in [2.05, 4.69) is 13.5 Å². The Kier molecular flexibility index (Phi) is 3.58. The Balaban J connectivity index is 1.79. The van der Waals surface area contributed by atoms with Crippen molar-refractivity contribution in [2.24, 2.45) is 23.2 Å². The van der Waals surface area contributed by atoms with Crippen LogP contribution in [0.25, 0.3) is 0 Å². The molecule has 0 bridgehead atoms. The predicted octanol–water partition coefficient (Wildman–Crippen LogP) is 4.36. The molecule has 24 heavy (non-hydrogen) atoms. The number of phenols is 1. The molecule has 1 aromatic carbocycles.